The summed E-state index contributed by atoms with van der Waals surface area (Å²) in [6.07, 6.45) is 2.79. The maximum absolute atomic E-state index is 11.3. The molecule has 0 aliphatic rings. The molecule has 17 heavy (non-hydrogen) atoms. The highest BCUT2D eigenvalue weighted by Crippen LogP contribution is 2.16. The molecule has 0 radical (unpaired) electrons. The second-order valence-electron chi connectivity index (χ2n) is 4.06. The summed E-state index contributed by atoms with van der Waals surface area (Å²) in [5.41, 5.74) is 0.873. The molecule has 4 nitrogen and oxygen atoms in total. The number of aliphatic hydroxyl groups excluding tert-OH is 1. The predicted molar refractivity (Wildman–Crippen MR) is 69.0 cm³/mol. The molecular formula is C12H19NO3S. The van der Waals surface area contributed by atoms with Crippen molar-refractivity contribution >= 4 is 15.5 Å². The Hall–Kier alpha value is -1.07. The molecule has 2 N–H and O–H groups in total. The van der Waals surface area contributed by atoms with Crippen LogP contribution in [0.4, 0.5) is 5.69 Å². The first-order chi connectivity index (χ1) is 7.97. The Morgan fingerprint density at radius 2 is 1.88 bits per heavy atom. The highest BCUT2D eigenvalue weighted by atomic mass is 32.2. The number of hydrogen-bond donors (Lipinski definition) is 2. The van der Waals surface area contributed by atoms with E-state index in [0.717, 1.165) is 12.1 Å². The Balaban J connectivity index is 2.74. The highest BCUT2D eigenvalue weighted by molar-refractivity contribution is 7.90. The van der Waals surface area contributed by atoms with Crippen molar-refractivity contribution in [2.24, 2.45) is 0 Å². The van der Waals surface area contributed by atoms with Crippen LogP contribution in [-0.2, 0) is 9.84 Å². The summed E-state index contributed by atoms with van der Waals surface area (Å²) in [5.74, 6) is 0. The molecule has 1 aromatic carbocycles. The van der Waals surface area contributed by atoms with Gasteiger partial charge in [0.15, 0.2) is 9.84 Å². The number of nitrogens with one attached hydrogen (secondary N) is 1. The summed E-state index contributed by atoms with van der Waals surface area (Å²) in [6.45, 7) is 2.19. The van der Waals surface area contributed by atoms with Gasteiger partial charge in [-0.05, 0) is 37.1 Å². The maximum Gasteiger partial charge on any atom is 0.175 e. The number of hydrogen-bond acceptors (Lipinski definition) is 4. The van der Waals surface area contributed by atoms with E-state index in [1.807, 2.05) is 6.92 Å². The van der Waals surface area contributed by atoms with Crippen molar-refractivity contribution in [2.45, 2.75) is 30.7 Å². The minimum atomic E-state index is -3.13. The van der Waals surface area contributed by atoms with Crippen LogP contribution in [0.15, 0.2) is 29.2 Å². The fraction of sp³-hybridized carbons (Fsp3) is 0.500. The second kappa shape index (κ2) is 6.02. The zero-order chi connectivity index (χ0) is 12.9. The van der Waals surface area contributed by atoms with Gasteiger partial charge in [0.05, 0.1) is 4.90 Å². The Morgan fingerprint density at radius 1 is 1.29 bits per heavy atom. The lowest BCUT2D eigenvalue weighted by molar-refractivity contribution is 0.278. The van der Waals surface area contributed by atoms with E-state index in [1.54, 1.807) is 24.3 Å². The quantitative estimate of drug-likeness (QED) is 0.813. The topological polar surface area (TPSA) is 66.4 Å². The van der Waals surface area contributed by atoms with Gasteiger partial charge < -0.3 is 10.4 Å². The first-order valence-electron chi connectivity index (χ1n) is 5.65. The van der Waals surface area contributed by atoms with Crippen molar-refractivity contribution in [1.82, 2.24) is 0 Å². The number of anilines is 1. The number of sulfone groups is 1. The zero-order valence-corrected chi connectivity index (χ0v) is 11.0. The fourth-order valence-electron chi connectivity index (χ4n) is 1.57. The lowest BCUT2D eigenvalue weighted by Gasteiger charge is -2.17. The summed E-state index contributed by atoms with van der Waals surface area (Å²) in [7, 11) is -3.13. The minimum absolute atomic E-state index is 0.146. The molecule has 5 heteroatoms. The van der Waals surface area contributed by atoms with E-state index in [9.17, 15) is 8.42 Å². The van der Waals surface area contributed by atoms with Crippen LogP contribution in [0.5, 0.6) is 0 Å². The first kappa shape index (κ1) is 14.0. The van der Waals surface area contributed by atoms with Gasteiger partial charge in [-0.3, -0.25) is 0 Å². The predicted octanol–water partition coefficient (Wildman–Crippen LogP) is 1.66. The molecule has 1 rings (SSSR count). The monoisotopic (exact) mass is 257 g/mol. The Bertz CT molecular complexity index is 439. The third kappa shape index (κ3) is 4.36. The molecule has 0 aliphatic heterocycles. The summed E-state index contributed by atoms with van der Waals surface area (Å²) in [5, 5.41) is 12.1. The lowest BCUT2D eigenvalue weighted by atomic mass is 10.1. The van der Waals surface area contributed by atoms with Gasteiger partial charge in [0.1, 0.15) is 0 Å². The number of benzene rings is 1. The van der Waals surface area contributed by atoms with Gasteiger partial charge in [-0.1, -0.05) is 6.92 Å². The molecule has 96 valence electrons. The normalized spacial score (nSPS) is 13.4. The molecule has 0 fully saturated rings. The summed E-state index contributed by atoms with van der Waals surface area (Å²) < 4.78 is 22.5. The van der Waals surface area contributed by atoms with Gasteiger partial charge >= 0.3 is 0 Å². The van der Waals surface area contributed by atoms with Gasteiger partial charge in [-0.2, -0.15) is 0 Å². The largest absolute Gasteiger partial charge is 0.396 e. The lowest BCUT2D eigenvalue weighted by Crippen LogP contribution is -2.19. The fourth-order valence-corrected chi connectivity index (χ4v) is 2.20. The van der Waals surface area contributed by atoms with Crippen LogP contribution in [-0.4, -0.2) is 32.4 Å². The SMILES string of the molecule is CCC(CCO)Nc1ccc(S(C)(=O)=O)cc1. The molecule has 0 amide bonds. The minimum Gasteiger partial charge on any atom is -0.396 e. The zero-order valence-electron chi connectivity index (χ0n) is 10.2. The van der Waals surface area contributed by atoms with Crippen LogP contribution in [0, 0.1) is 0 Å². The van der Waals surface area contributed by atoms with Crippen LogP contribution in [0.25, 0.3) is 0 Å². The Kier molecular flexibility index (Phi) is 4.96. The van der Waals surface area contributed by atoms with E-state index in [0.29, 0.717) is 11.3 Å². The smallest absolute Gasteiger partial charge is 0.175 e. The molecule has 0 heterocycles. The van der Waals surface area contributed by atoms with Gasteiger partial charge in [-0.25, -0.2) is 8.42 Å². The second-order valence-corrected chi connectivity index (χ2v) is 6.07. The third-order valence-electron chi connectivity index (χ3n) is 2.62. The van der Waals surface area contributed by atoms with Crippen molar-refractivity contribution in [3.05, 3.63) is 24.3 Å². The van der Waals surface area contributed by atoms with Gasteiger partial charge in [0.25, 0.3) is 0 Å². The van der Waals surface area contributed by atoms with Gasteiger partial charge in [-0.15, -0.1) is 0 Å². The van der Waals surface area contributed by atoms with Crippen molar-refractivity contribution in [3.8, 4) is 0 Å². The molecule has 0 saturated carbocycles. The highest BCUT2D eigenvalue weighted by Gasteiger charge is 2.08. The Morgan fingerprint density at radius 3 is 2.29 bits per heavy atom. The first-order valence-corrected chi connectivity index (χ1v) is 7.54. The van der Waals surface area contributed by atoms with E-state index in [2.05, 4.69) is 5.32 Å². The van der Waals surface area contributed by atoms with Gasteiger partial charge in [0, 0.05) is 24.6 Å². The van der Waals surface area contributed by atoms with Crippen LogP contribution in [0.3, 0.4) is 0 Å². The molecule has 1 unspecified atom stereocenters. The summed E-state index contributed by atoms with van der Waals surface area (Å²) in [4.78, 5) is 0.318. The van der Waals surface area contributed by atoms with Crippen molar-refractivity contribution in [2.75, 3.05) is 18.2 Å². The molecule has 1 atom stereocenters. The molecule has 0 aromatic heterocycles. The van der Waals surface area contributed by atoms with Crippen LogP contribution in [0.2, 0.25) is 0 Å². The summed E-state index contributed by atoms with van der Waals surface area (Å²) in [6, 6.07) is 6.88. The van der Waals surface area contributed by atoms with Crippen molar-refractivity contribution in [3.63, 3.8) is 0 Å². The van der Waals surface area contributed by atoms with E-state index in [4.69, 9.17) is 5.11 Å². The molecular weight excluding hydrogens is 238 g/mol. The van der Waals surface area contributed by atoms with Gasteiger partial charge in [0.2, 0.25) is 0 Å². The standard InChI is InChI=1S/C12H19NO3S/c1-3-10(8-9-14)13-11-4-6-12(7-5-11)17(2,15)16/h4-7,10,13-14H,3,8-9H2,1-2H3. The number of rotatable bonds is 6. The molecule has 0 saturated heterocycles. The molecule has 0 aliphatic carbocycles. The molecule has 0 bridgehead atoms. The van der Waals surface area contributed by atoms with Crippen LogP contribution >= 0.6 is 0 Å². The van der Waals surface area contributed by atoms with E-state index >= 15 is 0 Å². The van der Waals surface area contributed by atoms with Crippen LogP contribution < -0.4 is 5.32 Å². The average molecular weight is 257 g/mol. The number of aliphatic hydroxyl groups is 1. The third-order valence-corrected chi connectivity index (χ3v) is 3.75. The van der Waals surface area contributed by atoms with E-state index < -0.39 is 9.84 Å². The molecule has 1 aromatic rings. The van der Waals surface area contributed by atoms with E-state index in [1.165, 1.54) is 6.26 Å². The van der Waals surface area contributed by atoms with Crippen LogP contribution in [0.1, 0.15) is 19.8 Å². The Labute approximate surface area is 103 Å². The maximum atomic E-state index is 11.3. The molecule has 0 spiro atoms. The average Bonchev–Trinajstić information content (AvgIpc) is 2.28. The summed E-state index contributed by atoms with van der Waals surface area (Å²) >= 11 is 0. The van der Waals surface area contributed by atoms with E-state index in [-0.39, 0.29) is 12.6 Å². The van der Waals surface area contributed by atoms with Crippen molar-refractivity contribution < 1.29 is 13.5 Å². The van der Waals surface area contributed by atoms with Crippen molar-refractivity contribution in [1.29, 1.82) is 0 Å².